The van der Waals surface area contributed by atoms with Crippen molar-refractivity contribution in [3.05, 3.63) is 0 Å². The van der Waals surface area contributed by atoms with Crippen LogP contribution in [0.2, 0.25) is 0 Å². The Labute approximate surface area is 36.2 Å². The monoisotopic (exact) mass is 113 g/mol. The van der Waals surface area contributed by atoms with Crippen LogP contribution in [-0.2, 0) is 10.6 Å². The first-order valence-electron chi connectivity index (χ1n) is 0.642. The minimum Gasteiger partial charge on any atom is -0.160 e. The highest BCUT2D eigenvalue weighted by molar-refractivity contribution is 7.81. The number of hydrogen-bond donors (Lipinski definition) is 0. The number of rotatable bonds is 0. The Morgan fingerprint density at radius 3 is 1.17 bits per heavy atom. The second-order valence-electron chi connectivity index (χ2n) is 0.378. The van der Waals surface area contributed by atoms with Gasteiger partial charge in [-0.3, -0.25) is 0 Å². The first-order chi connectivity index (χ1) is 2.00. The van der Waals surface area contributed by atoms with E-state index in [-0.39, 0.29) is 8.41 Å². The molecule has 0 heterocycles. The van der Waals surface area contributed by atoms with Gasteiger partial charge < -0.3 is 0 Å². The molecule has 6 heteroatoms. The molecule has 0 atom stereocenters. The average Bonchev–Trinajstić information content (AvgIpc) is 0.722. The average molecular weight is 113 g/mol. The molecule has 0 N–H and O–H groups in total. The SMILES string of the molecule is O=S(=O)(F)F.[B]. The maximum absolute atomic E-state index is 9.99. The quantitative estimate of drug-likeness (QED) is 0.321. The summed E-state index contributed by atoms with van der Waals surface area (Å²) in [6.07, 6.45) is 0. The maximum atomic E-state index is 9.99. The fourth-order valence-corrected chi connectivity index (χ4v) is 0. The standard InChI is InChI=1S/B.F2O2S/c;1-5(2,3)4. The summed E-state index contributed by atoms with van der Waals surface area (Å²) in [6.45, 7) is 0. The largest absolute Gasteiger partial charge is 0.476 e. The molecule has 0 saturated heterocycles. The fourth-order valence-electron chi connectivity index (χ4n) is 0. The minimum atomic E-state index is -5.67. The predicted molar refractivity (Wildman–Crippen MR) is 16.9 cm³/mol. The normalized spacial score (nSPS) is 9.67. The van der Waals surface area contributed by atoms with Crippen LogP contribution in [0.15, 0.2) is 0 Å². The van der Waals surface area contributed by atoms with Crippen LogP contribution in [0.5, 0.6) is 0 Å². The molecular formula is BF2O2S. The molecule has 0 aliphatic carbocycles. The smallest absolute Gasteiger partial charge is 0.160 e. The van der Waals surface area contributed by atoms with E-state index in [0.29, 0.717) is 0 Å². The van der Waals surface area contributed by atoms with Crippen molar-refractivity contribution in [2.75, 3.05) is 0 Å². The second kappa shape index (κ2) is 2.12. The third kappa shape index (κ3) is 2050. The highest BCUT2D eigenvalue weighted by Crippen LogP contribution is 1.85. The summed E-state index contributed by atoms with van der Waals surface area (Å²) in [5.41, 5.74) is 0. The van der Waals surface area contributed by atoms with Crippen LogP contribution in [0.25, 0.3) is 0 Å². The van der Waals surface area contributed by atoms with E-state index in [1.54, 1.807) is 0 Å². The van der Waals surface area contributed by atoms with Gasteiger partial charge in [-0.1, -0.05) is 7.77 Å². The lowest BCUT2D eigenvalue weighted by Crippen LogP contribution is -1.69. The van der Waals surface area contributed by atoms with E-state index in [0.717, 1.165) is 0 Å². The summed E-state index contributed by atoms with van der Waals surface area (Å²) in [5.74, 6) is 0. The third-order valence-electron chi connectivity index (χ3n) is 0. The maximum Gasteiger partial charge on any atom is 0.476 e. The highest BCUT2D eigenvalue weighted by Gasteiger charge is 1.94. The Hall–Kier alpha value is -0.125. The van der Waals surface area contributed by atoms with Gasteiger partial charge in [0.1, 0.15) is 0 Å². The van der Waals surface area contributed by atoms with E-state index in [1.165, 1.54) is 0 Å². The summed E-state index contributed by atoms with van der Waals surface area (Å²) in [4.78, 5) is 0. The molecule has 3 radical (unpaired) electrons. The highest BCUT2D eigenvalue weighted by atomic mass is 32.3. The van der Waals surface area contributed by atoms with Gasteiger partial charge in [-0.15, -0.1) is 0 Å². The molecule has 0 aromatic carbocycles. The minimum absolute atomic E-state index is 0. The Bertz CT molecular complexity index is 94.7. The lowest BCUT2D eigenvalue weighted by atomic mass is 10.8. The number of hydrogen-bond acceptors (Lipinski definition) is 2. The van der Waals surface area contributed by atoms with Crippen LogP contribution in [0.3, 0.4) is 0 Å². The van der Waals surface area contributed by atoms with Gasteiger partial charge in [0.25, 0.3) is 0 Å². The molecule has 0 aliphatic heterocycles. The first kappa shape index (κ1) is 9.30. The number of halogens is 2. The van der Waals surface area contributed by atoms with Gasteiger partial charge >= 0.3 is 10.6 Å². The first-order valence-corrected chi connectivity index (χ1v) is 1.93. The molecule has 0 unspecified atom stereocenters. The van der Waals surface area contributed by atoms with Crippen LogP contribution in [0.4, 0.5) is 7.77 Å². The molecule has 0 amide bonds. The Balaban J connectivity index is 0. The molecule has 0 fully saturated rings. The van der Waals surface area contributed by atoms with Gasteiger partial charge in [-0.05, 0) is 0 Å². The van der Waals surface area contributed by atoms with Crippen LogP contribution in [-0.4, -0.2) is 16.8 Å². The molecular weight excluding hydrogens is 113 g/mol. The predicted octanol–water partition coefficient (Wildman–Crippen LogP) is -0.211. The summed E-state index contributed by atoms with van der Waals surface area (Å²) in [5, 5.41) is 0. The summed E-state index contributed by atoms with van der Waals surface area (Å²) >= 11 is 0. The van der Waals surface area contributed by atoms with E-state index < -0.39 is 10.6 Å². The molecule has 0 aromatic heterocycles. The van der Waals surface area contributed by atoms with Gasteiger partial charge in [-0.25, -0.2) is 0 Å². The van der Waals surface area contributed by atoms with Crippen molar-refractivity contribution in [2.45, 2.75) is 0 Å². The zero-order chi connectivity index (χ0) is 4.50. The van der Waals surface area contributed by atoms with Crippen LogP contribution in [0, 0.1) is 0 Å². The molecule has 0 aromatic rings. The molecule has 0 saturated carbocycles. The Morgan fingerprint density at radius 2 is 1.17 bits per heavy atom. The Morgan fingerprint density at radius 1 is 1.17 bits per heavy atom. The second-order valence-corrected chi connectivity index (χ2v) is 1.14. The lowest BCUT2D eigenvalue weighted by molar-refractivity contribution is 0.501. The van der Waals surface area contributed by atoms with Crippen molar-refractivity contribution >= 4 is 19.0 Å². The van der Waals surface area contributed by atoms with Gasteiger partial charge in [0.15, 0.2) is 0 Å². The molecule has 0 aliphatic rings. The lowest BCUT2D eigenvalue weighted by Gasteiger charge is -1.57. The van der Waals surface area contributed by atoms with Gasteiger partial charge in [0.05, 0.1) is 0 Å². The third-order valence-corrected chi connectivity index (χ3v) is 0. The van der Waals surface area contributed by atoms with Crippen LogP contribution in [0.1, 0.15) is 0 Å². The summed E-state index contributed by atoms with van der Waals surface area (Å²) in [7, 11) is -5.67. The zero-order valence-electron chi connectivity index (χ0n) is 2.56. The molecule has 0 bridgehead atoms. The molecule has 2 nitrogen and oxygen atoms in total. The van der Waals surface area contributed by atoms with Gasteiger partial charge in [-0.2, -0.15) is 8.42 Å². The van der Waals surface area contributed by atoms with Gasteiger partial charge in [0, 0.05) is 8.41 Å². The van der Waals surface area contributed by atoms with Gasteiger partial charge in [0.2, 0.25) is 0 Å². The van der Waals surface area contributed by atoms with E-state index in [1.807, 2.05) is 0 Å². The molecule has 35 valence electrons. The van der Waals surface area contributed by atoms with E-state index >= 15 is 0 Å². The molecule has 0 spiro atoms. The van der Waals surface area contributed by atoms with Crippen molar-refractivity contribution < 1.29 is 16.2 Å². The van der Waals surface area contributed by atoms with Crippen molar-refractivity contribution in [1.82, 2.24) is 0 Å². The van der Waals surface area contributed by atoms with E-state index in [4.69, 9.17) is 8.42 Å². The zero-order valence-corrected chi connectivity index (χ0v) is 3.37. The van der Waals surface area contributed by atoms with Crippen molar-refractivity contribution in [1.29, 1.82) is 0 Å². The molecule has 6 heavy (non-hydrogen) atoms. The van der Waals surface area contributed by atoms with E-state index in [2.05, 4.69) is 0 Å². The fraction of sp³-hybridized carbons (Fsp3) is 0. The molecule has 0 rings (SSSR count). The Kier molecular flexibility index (Phi) is 3.29. The summed E-state index contributed by atoms with van der Waals surface area (Å²) < 4.78 is 36.6. The topological polar surface area (TPSA) is 34.1 Å². The van der Waals surface area contributed by atoms with Crippen molar-refractivity contribution in [2.24, 2.45) is 0 Å². The summed E-state index contributed by atoms with van der Waals surface area (Å²) in [6, 6.07) is 0. The van der Waals surface area contributed by atoms with Crippen LogP contribution >= 0.6 is 0 Å². The van der Waals surface area contributed by atoms with E-state index in [9.17, 15) is 7.77 Å². The van der Waals surface area contributed by atoms with Crippen molar-refractivity contribution in [3.63, 3.8) is 0 Å². The van der Waals surface area contributed by atoms with Crippen LogP contribution < -0.4 is 0 Å². The van der Waals surface area contributed by atoms with Crippen molar-refractivity contribution in [3.8, 4) is 0 Å².